The van der Waals surface area contributed by atoms with Crippen molar-refractivity contribution in [2.75, 3.05) is 31.9 Å². The molecule has 0 bridgehead atoms. The molecule has 0 amide bonds. The molecule has 0 aromatic carbocycles. The number of sulfone groups is 1. The highest BCUT2D eigenvalue weighted by Crippen LogP contribution is 2.24. The van der Waals surface area contributed by atoms with Gasteiger partial charge in [0.2, 0.25) is 0 Å². The molecule has 2 aliphatic rings. The Balaban J connectivity index is 0.00000288. The SMILES string of the molecule is CCNC(=NCCC1=CCCCC1)N1CCS(=O)(=O)C(C)(C)C1.I. The van der Waals surface area contributed by atoms with E-state index in [1.807, 2.05) is 20.8 Å². The van der Waals surface area contributed by atoms with Gasteiger partial charge in [-0.3, -0.25) is 4.99 Å². The van der Waals surface area contributed by atoms with Crippen molar-refractivity contribution in [1.29, 1.82) is 0 Å². The van der Waals surface area contributed by atoms with E-state index in [4.69, 9.17) is 4.99 Å². The third kappa shape index (κ3) is 5.61. The van der Waals surface area contributed by atoms with Gasteiger partial charge in [0.25, 0.3) is 0 Å². The van der Waals surface area contributed by atoms with E-state index in [2.05, 4.69) is 16.3 Å². The zero-order valence-corrected chi connectivity index (χ0v) is 18.3. The molecule has 24 heavy (non-hydrogen) atoms. The summed E-state index contributed by atoms with van der Waals surface area (Å²) in [6, 6.07) is 0. The standard InChI is InChI=1S/C17H31N3O2S.HI/c1-4-18-16(19-11-10-15-8-6-5-7-9-15)20-12-13-23(21,22)17(2,3)14-20;/h8H,4-7,9-14H2,1-3H3,(H,18,19);1H. The number of hydrogen-bond donors (Lipinski definition) is 1. The molecule has 1 fully saturated rings. The molecule has 1 aliphatic heterocycles. The fourth-order valence-corrected chi connectivity index (χ4v) is 4.55. The van der Waals surface area contributed by atoms with Crippen LogP contribution in [0.1, 0.15) is 52.9 Å². The minimum atomic E-state index is -3.01. The summed E-state index contributed by atoms with van der Waals surface area (Å²) < 4.78 is 23.6. The van der Waals surface area contributed by atoms with Crippen molar-refractivity contribution in [1.82, 2.24) is 10.2 Å². The highest BCUT2D eigenvalue weighted by Gasteiger charge is 2.40. The normalized spacial score (nSPS) is 23.2. The van der Waals surface area contributed by atoms with Gasteiger partial charge in [0, 0.05) is 26.2 Å². The van der Waals surface area contributed by atoms with Gasteiger partial charge >= 0.3 is 0 Å². The Bertz CT molecular complexity index is 570. The molecule has 0 aromatic heterocycles. The average molecular weight is 469 g/mol. The van der Waals surface area contributed by atoms with Gasteiger partial charge < -0.3 is 10.2 Å². The molecule has 5 nitrogen and oxygen atoms in total. The number of guanidine groups is 1. The van der Waals surface area contributed by atoms with Gasteiger partial charge in [0.1, 0.15) is 0 Å². The van der Waals surface area contributed by atoms with E-state index in [1.54, 1.807) is 0 Å². The van der Waals surface area contributed by atoms with E-state index in [1.165, 1.54) is 31.3 Å². The van der Waals surface area contributed by atoms with Crippen LogP contribution in [0.2, 0.25) is 0 Å². The summed E-state index contributed by atoms with van der Waals surface area (Å²) in [7, 11) is -3.01. The summed E-state index contributed by atoms with van der Waals surface area (Å²) in [4.78, 5) is 6.84. The number of allylic oxidation sites excluding steroid dienone is 1. The largest absolute Gasteiger partial charge is 0.357 e. The number of halogens is 1. The van der Waals surface area contributed by atoms with Crippen molar-refractivity contribution < 1.29 is 8.42 Å². The zero-order valence-electron chi connectivity index (χ0n) is 15.2. The van der Waals surface area contributed by atoms with Gasteiger partial charge in [-0.25, -0.2) is 8.42 Å². The van der Waals surface area contributed by atoms with E-state index in [-0.39, 0.29) is 29.7 Å². The first kappa shape index (κ1) is 21.7. The van der Waals surface area contributed by atoms with Gasteiger partial charge in [-0.2, -0.15) is 0 Å². The molecule has 7 heteroatoms. The zero-order chi connectivity index (χ0) is 16.9. The molecule has 0 saturated carbocycles. The molecule has 0 spiro atoms. The van der Waals surface area contributed by atoms with Crippen LogP contribution in [0.25, 0.3) is 0 Å². The minimum absolute atomic E-state index is 0. The lowest BCUT2D eigenvalue weighted by molar-refractivity contribution is 0.353. The number of hydrogen-bond acceptors (Lipinski definition) is 3. The second kappa shape index (κ2) is 9.40. The van der Waals surface area contributed by atoms with Crippen molar-refractivity contribution in [3.63, 3.8) is 0 Å². The van der Waals surface area contributed by atoms with Crippen molar-refractivity contribution in [3.8, 4) is 0 Å². The van der Waals surface area contributed by atoms with E-state index in [0.29, 0.717) is 13.1 Å². The molecule has 1 N–H and O–H groups in total. The van der Waals surface area contributed by atoms with Gasteiger partial charge in [-0.1, -0.05) is 11.6 Å². The Morgan fingerprint density at radius 2 is 2.12 bits per heavy atom. The van der Waals surface area contributed by atoms with E-state index < -0.39 is 14.6 Å². The van der Waals surface area contributed by atoms with Crippen LogP contribution in [0.4, 0.5) is 0 Å². The fraction of sp³-hybridized carbons (Fsp3) is 0.824. The number of nitrogens with zero attached hydrogens (tertiary/aromatic N) is 2. The van der Waals surface area contributed by atoms with Gasteiger partial charge in [-0.05, 0) is 52.9 Å². The lowest BCUT2D eigenvalue weighted by Crippen LogP contribution is -2.57. The molecule has 1 saturated heterocycles. The second-order valence-electron chi connectivity index (χ2n) is 7.09. The van der Waals surface area contributed by atoms with E-state index in [0.717, 1.165) is 25.5 Å². The second-order valence-corrected chi connectivity index (χ2v) is 9.84. The quantitative estimate of drug-likeness (QED) is 0.298. The molecule has 2 rings (SSSR count). The highest BCUT2D eigenvalue weighted by atomic mass is 127. The first-order valence-electron chi connectivity index (χ1n) is 8.79. The van der Waals surface area contributed by atoms with Crippen molar-refractivity contribution in [2.45, 2.75) is 57.6 Å². The third-order valence-electron chi connectivity index (χ3n) is 4.76. The van der Waals surface area contributed by atoms with Gasteiger partial charge in [-0.15, -0.1) is 24.0 Å². The Hall–Kier alpha value is -0.310. The molecular weight excluding hydrogens is 437 g/mol. The Morgan fingerprint density at radius 3 is 2.71 bits per heavy atom. The van der Waals surface area contributed by atoms with Crippen LogP contribution in [-0.2, 0) is 9.84 Å². The third-order valence-corrected chi connectivity index (χ3v) is 7.29. The van der Waals surface area contributed by atoms with Crippen LogP contribution in [-0.4, -0.2) is 56.0 Å². The Morgan fingerprint density at radius 1 is 1.38 bits per heavy atom. The van der Waals surface area contributed by atoms with Crippen LogP contribution in [0.3, 0.4) is 0 Å². The Kier molecular flexibility index (Phi) is 8.52. The number of aliphatic imine (C=N–C) groups is 1. The topological polar surface area (TPSA) is 61.8 Å². The monoisotopic (exact) mass is 469 g/mol. The molecule has 1 heterocycles. The Labute approximate surface area is 164 Å². The van der Waals surface area contributed by atoms with Crippen molar-refractivity contribution in [3.05, 3.63) is 11.6 Å². The molecular formula is C17H32IN3O2S. The number of rotatable bonds is 4. The summed E-state index contributed by atoms with van der Waals surface area (Å²) in [6.45, 7) is 8.27. The average Bonchev–Trinajstić information content (AvgIpc) is 2.50. The molecule has 0 atom stereocenters. The molecule has 1 aliphatic carbocycles. The van der Waals surface area contributed by atoms with Crippen LogP contribution in [0.15, 0.2) is 16.6 Å². The van der Waals surface area contributed by atoms with Crippen LogP contribution >= 0.6 is 24.0 Å². The summed E-state index contributed by atoms with van der Waals surface area (Å²) in [5.41, 5.74) is 1.53. The maximum absolute atomic E-state index is 12.2. The van der Waals surface area contributed by atoms with Crippen molar-refractivity contribution in [2.24, 2.45) is 4.99 Å². The molecule has 0 radical (unpaired) electrons. The smallest absolute Gasteiger partial charge is 0.194 e. The summed E-state index contributed by atoms with van der Waals surface area (Å²) in [5, 5.41) is 3.32. The first-order valence-corrected chi connectivity index (χ1v) is 10.4. The lowest BCUT2D eigenvalue weighted by Gasteiger charge is -2.39. The van der Waals surface area contributed by atoms with E-state index >= 15 is 0 Å². The van der Waals surface area contributed by atoms with Crippen LogP contribution < -0.4 is 5.32 Å². The maximum Gasteiger partial charge on any atom is 0.194 e. The van der Waals surface area contributed by atoms with Crippen molar-refractivity contribution >= 4 is 39.8 Å². The summed E-state index contributed by atoms with van der Waals surface area (Å²) in [5.74, 6) is 1.06. The molecule has 140 valence electrons. The van der Waals surface area contributed by atoms with E-state index in [9.17, 15) is 8.42 Å². The van der Waals surface area contributed by atoms with Crippen LogP contribution in [0, 0.1) is 0 Å². The summed E-state index contributed by atoms with van der Waals surface area (Å²) in [6.07, 6.45) is 8.41. The predicted octanol–water partition coefficient (Wildman–Crippen LogP) is 2.97. The van der Waals surface area contributed by atoms with Gasteiger partial charge in [0.15, 0.2) is 15.8 Å². The van der Waals surface area contributed by atoms with Crippen LogP contribution in [0.5, 0.6) is 0 Å². The first-order chi connectivity index (χ1) is 10.9. The predicted molar refractivity (Wildman–Crippen MR) is 112 cm³/mol. The maximum atomic E-state index is 12.2. The van der Waals surface area contributed by atoms with Gasteiger partial charge in [0.05, 0.1) is 10.5 Å². The fourth-order valence-electron chi connectivity index (χ4n) is 3.19. The lowest BCUT2D eigenvalue weighted by atomic mass is 9.97. The minimum Gasteiger partial charge on any atom is -0.357 e. The highest BCUT2D eigenvalue weighted by molar-refractivity contribution is 14.0. The molecule has 0 aromatic rings. The molecule has 0 unspecified atom stereocenters. The number of nitrogens with one attached hydrogen (secondary N) is 1. The summed E-state index contributed by atoms with van der Waals surface area (Å²) >= 11 is 0.